The summed E-state index contributed by atoms with van der Waals surface area (Å²) in [5.74, 6) is 0. The van der Waals surface area contributed by atoms with E-state index >= 15 is 0 Å². The molecule has 1 aliphatic rings. The molecular formula is C28H63N4Si5. The summed E-state index contributed by atoms with van der Waals surface area (Å²) < 4.78 is 5.70. The fourth-order valence-electron chi connectivity index (χ4n) is 8.19. The second kappa shape index (κ2) is 9.98. The van der Waals surface area contributed by atoms with Gasteiger partial charge in [-0.1, -0.05) is 156 Å². The number of nitrogens with zero attached hydrogens (tertiary/aromatic N) is 4. The maximum Gasteiger partial charge on any atom is 0.242 e. The molecule has 5 radical (unpaired) electrons. The van der Waals surface area contributed by atoms with Crippen molar-refractivity contribution >= 4 is 42.7 Å². The van der Waals surface area contributed by atoms with Crippen LogP contribution in [0.4, 0.5) is 0 Å². The zero-order valence-corrected chi connectivity index (χ0v) is 33.8. The van der Waals surface area contributed by atoms with Gasteiger partial charge < -0.3 is 8.68 Å². The van der Waals surface area contributed by atoms with E-state index in [9.17, 15) is 0 Å². The Hall–Kier alpha value is 0.284. The predicted molar refractivity (Wildman–Crippen MR) is 175 cm³/mol. The standard InChI is InChI=1S/C28H63N4Si5/c1-22(2,3)33-37(34-23(4,5)6)31(35(24(7,8)9)25(10,11)12)29-30-32(37)36(26(13,14)15,27(16,17)18)28(19,20)21/h1-21H3. The van der Waals surface area contributed by atoms with Gasteiger partial charge in [-0.15, -0.1) is 0 Å². The van der Waals surface area contributed by atoms with Crippen molar-refractivity contribution in [3.63, 3.8) is 0 Å². The highest BCUT2D eigenvalue weighted by atomic mass is 29.6. The van der Waals surface area contributed by atoms with Gasteiger partial charge in [0.25, 0.3) is 0 Å². The third kappa shape index (κ3) is 6.96. The molecule has 4 nitrogen and oxygen atoms in total. The normalized spacial score (nSPS) is 18.9. The maximum atomic E-state index is 5.51. The van der Waals surface area contributed by atoms with E-state index < -0.39 is 24.6 Å². The molecule has 0 aliphatic carbocycles. The molecule has 0 spiro atoms. The van der Waals surface area contributed by atoms with Crippen LogP contribution in [0.2, 0.25) is 35.3 Å². The summed E-state index contributed by atoms with van der Waals surface area (Å²) in [6.07, 6.45) is 0. The SMILES string of the molecule is CC(C)(C)[Si][Si]1([Si]C(C)(C)C)N([Si](C(C)(C)C)C(C)(C)C)N=NN1[Si](C(C)(C)C)(C(C)(C)C)C(C)(C)C. The van der Waals surface area contributed by atoms with Gasteiger partial charge in [0.1, 0.15) is 0 Å². The van der Waals surface area contributed by atoms with Crippen molar-refractivity contribution in [2.24, 2.45) is 10.4 Å². The fourth-order valence-corrected chi connectivity index (χ4v) is 55.5. The Bertz CT molecular complexity index is 756. The lowest BCUT2D eigenvalue weighted by molar-refractivity contribution is 0.436. The highest BCUT2D eigenvalue weighted by molar-refractivity contribution is 7.51. The van der Waals surface area contributed by atoms with Crippen molar-refractivity contribution in [1.82, 2.24) is 8.68 Å². The second-order valence-electron chi connectivity index (χ2n) is 18.5. The summed E-state index contributed by atoms with van der Waals surface area (Å²) in [6, 6.07) is 0. The summed E-state index contributed by atoms with van der Waals surface area (Å²) in [6.45, 7) is 52.3. The highest BCUT2D eigenvalue weighted by Crippen LogP contribution is 2.66. The maximum absolute atomic E-state index is 5.51. The molecule has 0 amide bonds. The third-order valence-electron chi connectivity index (χ3n) is 7.14. The molecule has 0 aromatic heterocycles. The fraction of sp³-hybridized carbons (Fsp3) is 1.00. The van der Waals surface area contributed by atoms with E-state index in [1.165, 1.54) is 0 Å². The van der Waals surface area contributed by atoms with Crippen LogP contribution in [0.1, 0.15) is 145 Å². The molecule has 0 saturated carbocycles. The van der Waals surface area contributed by atoms with Gasteiger partial charge in [-0.3, -0.25) is 0 Å². The minimum atomic E-state index is -2.41. The van der Waals surface area contributed by atoms with Crippen LogP contribution in [0, 0.1) is 0 Å². The summed E-state index contributed by atoms with van der Waals surface area (Å²) in [5, 5.41) is 12.1. The van der Waals surface area contributed by atoms with E-state index in [1.54, 1.807) is 0 Å². The van der Waals surface area contributed by atoms with Crippen LogP contribution in [-0.2, 0) is 0 Å². The van der Waals surface area contributed by atoms with Crippen LogP contribution < -0.4 is 0 Å². The van der Waals surface area contributed by atoms with E-state index in [0.29, 0.717) is 0 Å². The Morgan fingerprint density at radius 3 is 1.03 bits per heavy atom. The first-order valence-corrected chi connectivity index (χ1v) is 23.5. The summed E-state index contributed by atoms with van der Waals surface area (Å²) >= 11 is 0. The minimum absolute atomic E-state index is 0.123. The van der Waals surface area contributed by atoms with E-state index in [2.05, 4.69) is 154 Å². The molecule has 0 fully saturated rings. The van der Waals surface area contributed by atoms with Crippen molar-refractivity contribution in [2.45, 2.75) is 181 Å². The van der Waals surface area contributed by atoms with Crippen LogP contribution in [0.5, 0.6) is 0 Å². The van der Waals surface area contributed by atoms with E-state index in [1.807, 2.05) is 0 Å². The first-order valence-electron chi connectivity index (χ1n) is 14.2. The molecule has 0 N–H and O–H groups in total. The van der Waals surface area contributed by atoms with Gasteiger partial charge in [0.2, 0.25) is 7.43 Å². The lowest BCUT2D eigenvalue weighted by Gasteiger charge is -2.66. The van der Waals surface area contributed by atoms with Crippen molar-refractivity contribution in [3.05, 3.63) is 0 Å². The van der Waals surface area contributed by atoms with Gasteiger partial charge in [-0.2, -0.15) is 0 Å². The van der Waals surface area contributed by atoms with E-state index in [4.69, 9.17) is 10.4 Å². The smallest absolute Gasteiger partial charge is 0.242 e. The molecule has 37 heavy (non-hydrogen) atoms. The molecule has 0 atom stereocenters. The van der Waals surface area contributed by atoms with Gasteiger partial charge >= 0.3 is 0 Å². The Morgan fingerprint density at radius 1 is 0.514 bits per heavy atom. The molecule has 0 unspecified atom stereocenters. The van der Waals surface area contributed by atoms with E-state index in [0.717, 1.165) is 18.1 Å². The first-order chi connectivity index (χ1) is 15.8. The topological polar surface area (TPSA) is 31.2 Å². The van der Waals surface area contributed by atoms with Crippen LogP contribution in [0.15, 0.2) is 10.4 Å². The molecule has 0 aromatic carbocycles. The summed E-state index contributed by atoms with van der Waals surface area (Å²) in [7, 11) is -4.22. The zero-order valence-electron chi connectivity index (χ0n) is 28.8. The zero-order chi connectivity index (χ0) is 30.1. The Morgan fingerprint density at radius 2 is 0.811 bits per heavy atom. The van der Waals surface area contributed by atoms with Crippen LogP contribution >= 0.6 is 0 Å². The Kier molecular flexibility index (Phi) is 9.52. The molecule has 1 rings (SSSR count). The average Bonchev–Trinajstić information content (AvgIpc) is 2.75. The molecule has 0 saturated heterocycles. The van der Waals surface area contributed by atoms with Gasteiger partial charge in [0.05, 0.1) is 18.1 Å². The largest absolute Gasteiger partial charge is 0.316 e. The molecule has 215 valence electrons. The highest BCUT2D eigenvalue weighted by Gasteiger charge is 2.72. The van der Waals surface area contributed by atoms with Gasteiger partial charge in [-0.25, -0.2) is 0 Å². The second-order valence-corrected chi connectivity index (χ2v) is 42.8. The van der Waals surface area contributed by atoms with Crippen molar-refractivity contribution in [1.29, 1.82) is 0 Å². The van der Waals surface area contributed by atoms with Crippen molar-refractivity contribution < 1.29 is 0 Å². The number of rotatable bonds is 4. The van der Waals surface area contributed by atoms with Gasteiger partial charge in [0, 0.05) is 0 Å². The lowest BCUT2D eigenvalue weighted by Crippen LogP contribution is -2.84. The third-order valence-corrected chi connectivity index (χ3v) is 39.0. The Labute approximate surface area is 241 Å². The van der Waals surface area contributed by atoms with Crippen LogP contribution in [-0.4, -0.2) is 51.4 Å². The quantitative estimate of drug-likeness (QED) is 0.303. The van der Waals surface area contributed by atoms with E-state index in [-0.39, 0.29) is 35.3 Å². The number of hydrogen-bond acceptors (Lipinski definition) is 4. The summed E-state index contributed by atoms with van der Waals surface area (Å²) in [5.41, 5.74) is 0. The molecule has 1 heterocycles. The van der Waals surface area contributed by atoms with Crippen molar-refractivity contribution in [2.75, 3.05) is 0 Å². The van der Waals surface area contributed by atoms with Crippen LogP contribution in [0.25, 0.3) is 0 Å². The van der Waals surface area contributed by atoms with Crippen LogP contribution in [0.3, 0.4) is 0 Å². The number of hydrogen-bond donors (Lipinski definition) is 0. The average molecular weight is 596 g/mol. The van der Waals surface area contributed by atoms with Crippen molar-refractivity contribution in [3.8, 4) is 0 Å². The minimum Gasteiger partial charge on any atom is -0.316 e. The molecule has 1 aliphatic heterocycles. The molecular weight excluding hydrogens is 533 g/mol. The molecule has 9 heteroatoms. The monoisotopic (exact) mass is 595 g/mol. The lowest BCUT2D eigenvalue weighted by atomic mass is 10.2. The molecule has 0 aromatic rings. The molecule has 0 bridgehead atoms. The predicted octanol–water partition coefficient (Wildman–Crippen LogP) is 10.1. The van der Waals surface area contributed by atoms with Gasteiger partial charge in [-0.05, 0) is 35.3 Å². The first kappa shape index (κ1) is 35.3. The Balaban J connectivity index is 4.42. The summed E-state index contributed by atoms with van der Waals surface area (Å²) in [4.78, 5) is 0. The van der Waals surface area contributed by atoms with Gasteiger partial charge in [0.15, 0.2) is 17.2 Å².